The van der Waals surface area contributed by atoms with Crippen molar-refractivity contribution >= 4 is 6.08 Å². The van der Waals surface area contributed by atoms with E-state index in [-0.39, 0.29) is 17.5 Å². The van der Waals surface area contributed by atoms with Crippen LogP contribution in [0.5, 0.6) is 0 Å². The van der Waals surface area contributed by atoms with Gasteiger partial charge in [-0.2, -0.15) is 26.3 Å². The van der Waals surface area contributed by atoms with Gasteiger partial charge in [-0.25, -0.2) is 0 Å². The molecule has 1 aliphatic rings. The number of alkyl halides is 6. The van der Waals surface area contributed by atoms with Crippen molar-refractivity contribution in [1.29, 1.82) is 0 Å². The first kappa shape index (κ1) is 19.5. The maximum Gasteiger partial charge on any atom is 0.416 e. The lowest BCUT2D eigenvalue weighted by molar-refractivity contribution is -0.143. The molecule has 0 bridgehead atoms. The zero-order chi connectivity index (χ0) is 20.1. The van der Waals surface area contributed by atoms with Crippen molar-refractivity contribution in [3.63, 3.8) is 0 Å². The summed E-state index contributed by atoms with van der Waals surface area (Å²) in [4.78, 5) is 0. The molecule has 0 saturated heterocycles. The van der Waals surface area contributed by atoms with E-state index in [0.29, 0.717) is 11.1 Å². The number of fused-ring (bicyclic) bond motifs is 1. The van der Waals surface area contributed by atoms with Gasteiger partial charge >= 0.3 is 12.4 Å². The van der Waals surface area contributed by atoms with Crippen molar-refractivity contribution in [3.05, 3.63) is 70.1 Å². The maximum atomic E-state index is 13.2. The van der Waals surface area contributed by atoms with Gasteiger partial charge in [0, 0.05) is 6.42 Å². The van der Waals surface area contributed by atoms with Crippen LogP contribution < -0.4 is 0 Å². The van der Waals surface area contributed by atoms with E-state index >= 15 is 0 Å². The van der Waals surface area contributed by atoms with Gasteiger partial charge < -0.3 is 0 Å². The largest absolute Gasteiger partial charge is 0.416 e. The number of rotatable bonds is 2. The number of hydrogen-bond acceptors (Lipinski definition) is 0. The van der Waals surface area contributed by atoms with Crippen LogP contribution >= 0.6 is 0 Å². The Kier molecular flexibility index (Phi) is 4.65. The Balaban J connectivity index is 2.31. The van der Waals surface area contributed by atoms with Crippen LogP contribution in [0.15, 0.2) is 35.9 Å². The Morgan fingerprint density at radius 2 is 1.33 bits per heavy atom. The minimum atomic E-state index is -4.87. The molecule has 1 aliphatic carbocycles. The van der Waals surface area contributed by atoms with Crippen LogP contribution in [0.25, 0.3) is 17.2 Å². The van der Waals surface area contributed by atoms with Gasteiger partial charge in [0.1, 0.15) is 0 Å². The molecular weight excluding hydrogens is 366 g/mol. The molecule has 6 heteroatoms. The second-order valence-electron chi connectivity index (χ2n) is 7.05. The molecule has 3 rings (SSSR count). The molecule has 0 nitrogen and oxygen atoms in total. The molecule has 0 N–H and O–H groups in total. The summed E-state index contributed by atoms with van der Waals surface area (Å²) in [7, 11) is 0. The van der Waals surface area contributed by atoms with Gasteiger partial charge in [0.05, 0.1) is 11.1 Å². The third-order valence-corrected chi connectivity index (χ3v) is 4.55. The summed E-state index contributed by atoms with van der Waals surface area (Å²) in [6.45, 7) is 5.69. The number of benzene rings is 2. The predicted octanol–water partition coefficient (Wildman–Crippen LogP) is 7.48. The Hall–Kier alpha value is -2.24. The Labute approximate surface area is 153 Å². The van der Waals surface area contributed by atoms with E-state index in [2.05, 4.69) is 0 Å². The molecule has 0 amide bonds. The quantitative estimate of drug-likeness (QED) is 0.472. The van der Waals surface area contributed by atoms with Crippen LogP contribution in [0, 0.1) is 6.42 Å². The fourth-order valence-corrected chi connectivity index (χ4v) is 3.18. The lowest BCUT2D eigenvalue weighted by atomic mass is 9.89. The van der Waals surface area contributed by atoms with Crippen LogP contribution in [0.2, 0.25) is 0 Å². The van der Waals surface area contributed by atoms with Crippen LogP contribution in [0.3, 0.4) is 0 Å². The highest BCUT2D eigenvalue weighted by atomic mass is 19.4. The number of allylic oxidation sites excluding steroid dienone is 1. The normalized spacial score (nSPS) is 14.5. The van der Waals surface area contributed by atoms with Crippen LogP contribution in [0.1, 0.15) is 54.5 Å². The summed E-state index contributed by atoms with van der Waals surface area (Å²) in [5, 5.41) is 0. The van der Waals surface area contributed by atoms with Gasteiger partial charge in [0.15, 0.2) is 0 Å². The predicted molar refractivity (Wildman–Crippen MR) is 93.0 cm³/mol. The van der Waals surface area contributed by atoms with Gasteiger partial charge in [0.2, 0.25) is 0 Å². The standard InChI is InChI=1S/C21H17F6/c1-11(2)13-6-14-4-12(3)5-18(14)19(9-13)15-7-16(20(22,23)24)10-17(8-15)21(25,26)27/h4-11H,1-3H3. The third kappa shape index (κ3) is 3.89. The molecule has 27 heavy (non-hydrogen) atoms. The zero-order valence-electron chi connectivity index (χ0n) is 14.9. The summed E-state index contributed by atoms with van der Waals surface area (Å²) in [6, 6.07) is 5.34. The second kappa shape index (κ2) is 6.43. The van der Waals surface area contributed by atoms with Crippen LogP contribution in [-0.4, -0.2) is 0 Å². The average molecular weight is 383 g/mol. The second-order valence-corrected chi connectivity index (χ2v) is 7.05. The summed E-state index contributed by atoms with van der Waals surface area (Å²) in [5.41, 5.74) is 0.877. The topological polar surface area (TPSA) is 0 Å². The van der Waals surface area contributed by atoms with Crippen molar-refractivity contribution in [3.8, 4) is 11.1 Å². The molecule has 0 fully saturated rings. The number of hydrogen-bond donors (Lipinski definition) is 0. The van der Waals surface area contributed by atoms with Gasteiger partial charge in [-0.1, -0.05) is 37.6 Å². The molecular formula is C21H17F6. The summed E-state index contributed by atoms with van der Waals surface area (Å²) in [6.07, 6.45) is -6.08. The highest BCUT2D eigenvalue weighted by Crippen LogP contribution is 2.42. The van der Waals surface area contributed by atoms with Crippen molar-refractivity contribution in [2.45, 2.75) is 39.0 Å². The van der Waals surface area contributed by atoms with Crippen molar-refractivity contribution < 1.29 is 26.3 Å². The summed E-state index contributed by atoms with van der Waals surface area (Å²) in [5.74, 6) is 0.0799. The molecule has 1 radical (unpaired) electrons. The monoisotopic (exact) mass is 383 g/mol. The first-order chi connectivity index (χ1) is 12.4. The molecule has 2 aromatic rings. The molecule has 0 heterocycles. The molecule has 0 unspecified atom stereocenters. The molecule has 0 saturated carbocycles. The smallest absolute Gasteiger partial charge is 0.166 e. The molecule has 0 aromatic heterocycles. The summed E-state index contributed by atoms with van der Waals surface area (Å²) >= 11 is 0. The number of halogens is 6. The molecule has 2 aromatic carbocycles. The lowest BCUT2D eigenvalue weighted by Gasteiger charge is -2.18. The highest BCUT2D eigenvalue weighted by molar-refractivity contribution is 5.84. The Morgan fingerprint density at radius 3 is 1.81 bits per heavy atom. The molecule has 0 spiro atoms. The van der Waals surface area contributed by atoms with E-state index < -0.39 is 23.5 Å². The van der Waals surface area contributed by atoms with Gasteiger partial charge in [-0.3, -0.25) is 0 Å². The minimum absolute atomic E-state index is 0.0799. The van der Waals surface area contributed by atoms with E-state index in [4.69, 9.17) is 0 Å². The fraction of sp³-hybridized carbons (Fsp3) is 0.286. The molecule has 143 valence electrons. The van der Waals surface area contributed by atoms with Crippen molar-refractivity contribution in [1.82, 2.24) is 0 Å². The van der Waals surface area contributed by atoms with Gasteiger partial charge in [-0.15, -0.1) is 0 Å². The molecule has 0 atom stereocenters. The van der Waals surface area contributed by atoms with Gasteiger partial charge in [0.25, 0.3) is 0 Å². The third-order valence-electron chi connectivity index (χ3n) is 4.55. The fourth-order valence-electron chi connectivity index (χ4n) is 3.18. The Bertz CT molecular complexity index is 881. The van der Waals surface area contributed by atoms with E-state index in [1.165, 1.54) is 0 Å². The van der Waals surface area contributed by atoms with Crippen LogP contribution in [0.4, 0.5) is 26.3 Å². The first-order valence-electron chi connectivity index (χ1n) is 8.37. The van der Waals surface area contributed by atoms with Crippen molar-refractivity contribution in [2.24, 2.45) is 0 Å². The summed E-state index contributed by atoms with van der Waals surface area (Å²) < 4.78 is 79.3. The van der Waals surface area contributed by atoms with Gasteiger partial charge in [-0.05, 0) is 58.9 Å². The van der Waals surface area contributed by atoms with Crippen LogP contribution in [-0.2, 0) is 12.4 Å². The van der Waals surface area contributed by atoms with E-state index in [0.717, 1.165) is 28.8 Å². The SMILES string of the molecule is CC1=Cc2c(cc(C(C)C)cc2-c2cc(C(F)(F)F)cc(C(F)(F)F)c2)[CH]1. The van der Waals surface area contributed by atoms with E-state index in [1.54, 1.807) is 12.1 Å². The lowest BCUT2D eigenvalue weighted by Crippen LogP contribution is -2.11. The highest BCUT2D eigenvalue weighted by Gasteiger charge is 2.37. The Morgan fingerprint density at radius 1 is 0.778 bits per heavy atom. The average Bonchev–Trinajstić information content (AvgIpc) is 2.91. The molecule has 0 aliphatic heterocycles. The maximum absolute atomic E-state index is 13.2. The zero-order valence-corrected chi connectivity index (χ0v) is 14.9. The van der Waals surface area contributed by atoms with E-state index in [9.17, 15) is 26.3 Å². The van der Waals surface area contributed by atoms with E-state index in [1.807, 2.05) is 33.3 Å². The first-order valence-corrected chi connectivity index (χ1v) is 8.37. The minimum Gasteiger partial charge on any atom is -0.166 e. The van der Waals surface area contributed by atoms with Crippen molar-refractivity contribution in [2.75, 3.05) is 0 Å².